The normalized spacial score (nSPS) is 14.4. The van der Waals surface area contributed by atoms with Gasteiger partial charge in [0.05, 0.1) is 39.9 Å². The third-order valence-electron chi connectivity index (χ3n) is 11.1. The first kappa shape index (κ1) is 57.0. The van der Waals surface area contributed by atoms with E-state index < -0.39 is 20.0 Å². The maximum Gasteiger partial charge on any atom is 0.268 e. The lowest BCUT2D eigenvalue weighted by atomic mass is 10.0. The van der Waals surface area contributed by atoms with E-state index in [1.54, 1.807) is 6.08 Å². The van der Waals surface area contributed by atoms with E-state index in [9.17, 15) is 19.4 Å². The van der Waals surface area contributed by atoms with Crippen molar-refractivity contribution in [3.8, 4) is 0 Å². The number of nitrogens with one attached hydrogen (secondary N) is 1. The monoisotopic (exact) mass is 841 g/mol. The predicted molar refractivity (Wildman–Crippen MR) is 247 cm³/mol. The molecule has 0 fully saturated rings. The number of aliphatic hydroxyl groups excluding tert-OH is 1. The van der Waals surface area contributed by atoms with Crippen LogP contribution in [0, 0.1) is 0 Å². The molecule has 0 aromatic rings. The second-order valence-electron chi connectivity index (χ2n) is 18.2. The van der Waals surface area contributed by atoms with Crippen LogP contribution in [0.5, 0.6) is 0 Å². The van der Waals surface area contributed by atoms with Crippen LogP contribution in [0.3, 0.4) is 0 Å². The summed E-state index contributed by atoms with van der Waals surface area (Å²) < 4.78 is 23.2. The number of phosphoric acid groups is 1. The van der Waals surface area contributed by atoms with E-state index in [1.165, 1.54) is 173 Å². The highest BCUT2D eigenvalue weighted by molar-refractivity contribution is 7.45. The minimum Gasteiger partial charge on any atom is -0.756 e. The summed E-state index contributed by atoms with van der Waals surface area (Å²) in [6.07, 6.45) is 49.5. The van der Waals surface area contributed by atoms with Gasteiger partial charge in [0.15, 0.2) is 0 Å². The molecule has 0 aliphatic rings. The van der Waals surface area contributed by atoms with Crippen molar-refractivity contribution in [2.45, 2.75) is 244 Å². The summed E-state index contributed by atoms with van der Waals surface area (Å²) in [4.78, 5) is 25.3. The number of carbonyl (C=O) groups excluding carboxylic acids is 1. The van der Waals surface area contributed by atoms with Gasteiger partial charge in [0.2, 0.25) is 5.91 Å². The van der Waals surface area contributed by atoms with Crippen LogP contribution in [0.15, 0.2) is 24.3 Å². The number of rotatable bonds is 45. The van der Waals surface area contributed by atoms with Crippen molar-refractivity contribution in [3.05, 3.63) is 24.3 Å². The first-order valence-corrected chi connectivity index (χ1v) is 26.2. The molecule has 0 bridgehead atoms. The van der Waals surface area contributed by atoms with E-state index >= 15 is 0 Å². The Morgan fingerprint density at radius 3 is 1.41 bits per heavy atom. The smallest absolute Gasteiger partial charge is 0.268 e. The third-order valence-corrected chi connectivity index (χ3v) is 12.1. The molecule has 8 nitrogen and oxygen atoms in total. The fourth-order valence-electron chi connectivity index (χ4n) is 7.21. The molecular weight excluding hydrogens is 744 g/mol. The number of hydrogen-bond acceptors (Lipinski definition) is 6. The molecule has 0 spiro atoms. The van der Waals surface area contributed by atoms with Crippen LogP contribution in [-0.4, -0.2) is 68.5 Å². The summed E-state index contributed by atoms with van der Waals surface area (Å²) in [7, 11) is 1.26. The van der Waals surface area contributed by atoms with Gasteiger partial charge in [-0.2, -0.15) is 0 Å². The SMILES string of the molecule is CCC/C=C/CCCCCCCC/C=C/[C@@H](O)[C@H](COP(=O)([O-])OCC[N+](C)(C)C)NC(=O)CCCCCCCCCCCCCCCCCCCCCCCCC. The molecule has 2 N–H and O–H groups in total. The van der Waals surface area contributed by atoms with Crippen molar-refractivity contribution < 1.29 is 32.9 Å². The number of nitrogens with zero attached hydrogens (tertiary/aromatic N) is 1. The summed E-state index contributed by atoms with van der Waals surface area (Å²) in [5.41, 5.74) is 0. The van der Waals surface area contributed by atoms with Gasteiger partial charge in [0, 0.05) is 6.42 Å². The number of amides is 1. The maximum absolute atomic E-state index is 12.9. The van der Waals surface area contributed by atoms with Gasteiger partial charge in [-0.3, -0.25) is 9.36 Å². The van der Waals surface area contributed by atoms with Gasteiger partial charge in [0.1, 0.15) is 13.2 Å². The highest BCUT2D eigenvalue weighted by Gasteiger charge is 2.23. The average Bonchev–Trinajstić information content (AvgIpc) is 3.17. The van der Waals surface area contributed by atoms with Crippen LogP contribution in [0.2, 0.25) is 0 Å². The zero-order chi connectivity index (χ0) is 42.8. The molecule has 0 rings (SSSR count). The summed E-state index contributed by atoms with van der Waals surface area (Å²) in [5, 5.41) is 13.8. The number of hydrogen-bond donors (Lipinski definition) is 2. The number of carbonyl (C=O) groups is 1. The molecule has 0 aliphatic heterocycles. The van der Waals surface area contributed by atoms with Crippen LogP contribution < -0.4 is 10.2 Å². The van der Waals surface area contributed by atoms with Crippen molar-refractivity contribution >= 4 is 13.7 Å². The van der Waals surface area contributed by atoms with Gasteiger partial charge in [-0.05, 0) is 38.5 Å². The van der Waals surface area contributed by atoms with Crippen molar-refractivity contribution in [1.29, 1.82) is 0 Å². The van der Waals surface area contributed by atoms with Crippen LogP contribution in [0.25, 0.3) is 0 Å². The molecular formula is C49H97N2O6P. The van der Waals surface area contributed by atoms with Crippen molar-refractivity contribution in [2.75, 3.05) is 40.9 Å². The molecule has 3 atom stereocenters. The number of quaternary nitrogens is 1. The van der Waals surface area contributed by atoms with Gasteiger partial charge in [0.25, 0.3) is 7.82 Å². The third kappa shape index (κ3) is 43.1. The lowest BCUT2D eigenvalue weighted by Gasteiger charge is -2.29. The molecule has 9 heteroatoms. The molecule has 0 aromatic carbocycles. The van der Waals surface area contributed by atoms with Gasteiger partial charge < -0.3 is 28.8 Å². The molecule has 344 valence electrons. The second-order valence-corrected chi connectivity index (χ2v) is 19.6. The largest absolute Gasteiger partial charge is 0.756 e. The average molecular weight is 841 g/mol. The van der Waals surface area contributed by atoms with E-state index in [-0.39, 0.29) is 19.1 Å². The number of aliphatic hydroxyl groups is 1. The molecule has 1 amide bonds. The lowest BCUT2D eigenvalue weighted by Crippen LogP contribution is -2.45. The van der Waals surface area contributed by atoms with Gasteiger partial charge in [-0.25, -0.2) is 0 Å². The summed E-state index contributed by atoms with van der Waals surface area (Å²) in [6.45, 7) is 4.61. The first-order chi connectivity index (χ1) is 28.0. The van der Waals surface area contributed by atoms with E-state index in [0.717, 1.165) is 38.5 Å². The van der Waals surface area contributed by atoms with Crippen molar-refractivity contribution in [1.82, 2.24) is 5.32 Å². The second kappa shape index (κ2) is 41.3. The minimum atomic E-state index is -4.59. The topological polar surface area (TPSA) is 108 Å². The Hall–Kier alpha value is -1.02. The Bertz CT molecular complexity index is 1000. The van der Waals surface area contributed by atoms with Crippen LogP contribution in [-0.2, 0) is 18.4 Å². The van der Waals surface area contributed by atoms with Gasteiger partial charge in [-0.15, -0.1) is 0 Å². The maximum atomic E-state index is 12.9. The van der Waals surface area contributed by atoms with Crippen molar-refractivity contribution in [3.63, 3.8) is 0 Å². The Kier molecular flexibility index (Phi) is 40.6. The summed E-state index contributed by atoms with van der Waals surface area (Å²) in [6, 6.07) is -0.885. The quantitative estimate of drug-likeness (QED) is 0.0274. The van der Waals surface area contributed by atoms with Crippen LogP contribution in [0.4, 0.5) is 0 Å². The summed E-state index contributed by atoms with van der Waals surface area (Å²) >= 11 is 0. The highest BCUT2D eigenvalue weighted by Crippen LogP contribution is 2.38. The van der Waals surface area contributed by atoms with Gasteiger partial charge >= 0.3 is 0 Å². The molecule has 58 heavy (non-hydrogen) atoms. The highest BCUT2D eigenvalue weighted by atomic mass is 31.2. The Balaban J connectivity index is 4.22. The Morgan fingerprint density at radius 1 is 0.586 bits per heavy atom. The molecule has 1 unspecified atom stereocenters. The zero-order valence-electron chi connectivity index (χ0n) is 39.0. The molecule has 0 saturated heterocycles. The zero-order valence-corrected chi connectivity index (χ0v) is 39.9. The van der Waals surface area contributed by atoms with Crippen LogP contribution in [0.1, 0.15) is 232 Å². The molecule has 0 aliphatic carbocycles. The first-order valence-electron chi connectivity index (χ1n) is 24.7. The van der Waals surface area contributed by atoms with Crippen LogP contribution >= 0.6 is 7.82 Å². The van der Waals surface area contributed by atoms with Gasteiger partial charge in [-0.1, -0.05) is 212 Å². The Labute approximate surface area is 360 Å². The molecule has 0 saturated carbocycles. The number of phosphoric ester groups is 1. The fraction of sp³-hybridized carbons (Fsp3) is 0.898. The number of allylic oxidation sites excluding steroid dienone is 3. The van der Waals surface area contributed by atoms with E-state index in [1.807, 2.05) is 27.2 Å². The fourth-order valence-corrected chi connectivity index (χ4v) is 7.94. The number of unbranched alkanes of at least 4 members (excludes halogenated alkanes) is 30. The summed E-state index contributed by atoms with van der Waals surface area (Å²) in [5.74, 6) is -0.197. The Morgan fingerprint density at radius 2 is 0.983 bits per heavy atom. The standard InChI is InChI=1S/C49H97N2O6P/c1-6-8-10-12-14-16-18-20-21-22-23-24-25-26-27-28-29-31-33-35-37-39-41-43-49(53)50-47(46-57-58(54,55)56-45-44-51(3,4)5)48(52)42-40-38-36-34-32-30-19-17-15-13-11-9-7-2/h11,13,40,42,47-48,52H,6-10,12,14-39,41,43-46H2,1-5H3,(H-,50,53,54,55)/b13-11+,42-40+/t47-,48+/m0/s1. The van der Waals surface area contributed by atoms with E-state index in [4.69, 9.17) is 9.05 Å². The minimum absolute atomic E-state index is 0.000690. The number of likely N-dealkylation sites (N-methyl/N-ethyl adjacent to an activating group) is 1. The van der Waals surface area contributed by atoms with E-state index in [0.29, 0.717) is 17.4 Å². The van der Waals surface area contributed by atoms with E-state index in [2.05, 4.69) is 31.3 Å². The van der Waals surface area contributed by atoms with Crippen molar-refractivity contribution in [2.24, 2.45) is 0 Å². The molecule has 0 aromatic heterocycles. The lowest BCUT2D eigenvalue weighted by molar-refractivity contribution is -0.870. The molecule has 0 radical (unpaired) electrons. The predicted octanol–water partition coefficient (Wildman–Crippen LogP) is 13.5. The molecule has 0 heterocycles.